The highest BCUT2D eigenvalue weighted by atomic mass is 32.1. The number of nitriles is 1. The largest absolute Gasteiger partial charge is 0.338 e. The van der Waals surface area contributed by atoms with Gasteiger partial charge in [0.05, 0.1) is 34.6 Å². The third kappa shape index (κ3) is 2.14. The molecule has 0 unspecified atom stereocenters. The summed E-state index contributed by atoms with van der Waals surface area (Å²) in [7, 11) is 1.92. The van der Waals surface area contributed by atoms with E-state index in [-0.39, 0.29) is 5.56 Å². The van der Waals surface area contributed by atoms with Gasteiger partial charge < -0.3 is 4.57 Å². The Morgan fingerprint density at radius 2 is 2.04 bits per heavy atom. The average Bonchev–Trinajstić information content (AvgIpc) is 3.08. The first-order valence-corrected chi connectivity index (χ1v) is 8.34. The molecule has 4 rings (SSSR count). The van der Waals surface area contributed by atoms with Crippen molar-refractivity contribution in [3.05, 3.63) is 62.9 Å². The van der Waals surface area contributed by atoms with E-state index >= 15 is 0 Å². The summed E-state index contributed by atoms with van der Waals surface area (Å²) >= 11 is 1.69. The quantitative estimate of drug-likeness (QED) is 0.565. The van der Waals surface area contributed by atoms with Crippen LogP contribution in [-0.2, 0) is 13.6 Å². The van der Waals surface area contributed by atoms with E-state index in [1.54, 1.807) is 29.7 Å². The molecule has 0 bridgehead atoms. The maximum absolute atomic E-state index is 12.9. The van der Waals surface area contributed by atoms with Gasteiger partial charge in [-0.15, -0.1) is 11.3 Å². The Balaban J connectivity index is 1.85. The molecular weight excluding hydrogens is 320 g/mol. The van der Waals surface area contributed by atoms with Gasteiger partial charge >= 0.3 is 0 Å². The van der Waals surface area contributed by atoms with Crippen molar-refractivity contribution in [1.29, 1.82) is 5.26 Å². The number of hydrogen-bond donors (Lipinski definition) is 0. The normalized spacial score (nSPS) is 11.2. The monoisotopic (exact) mass is 334 g/mol. The zero-order chi connectivity index (χ0) is 16.8. The third-order valence-electron chi connectivity index (χ3n) is 4.21. The van der Waals surface area contributed by atoms with Crippen molar-refractivity contribution in [3.63, 3.8) is 0 Å². The lowest BCUT2D eigenvalue weighted by atomic mass is 10.1. The van der Waals surface area contributed by atoms with Crippen LogP contribution in [0.4, 0.5) is 0 Å². The second-order valence-electron chi connectivity index (χ2n) is 5.81. The van der Waals surface area contributed by atoms with Gasteiger partial charge in [-0.05, 0) is 30.7 Å². The lowest BCUT2D eigenvalue weighted by Gasteiger charge is -2.06. The summed E-state index contributed by atoms with van der Waals surface area (Å²) in [6.45, 7) is 2.45. The predicted molar refractivity (Wildman–Crippen MR) is 95.4 cm³/mol. The van der Waals surface area contributed by atoms with E-state index in [1.807, 2.05) is 23.7 Å². The number of hydrogen-bond acceptors (Lipinski definition) is 4. The molecule has 0 spiro atoms. The van der Waals surface area contributed by atoms with Crippen molar-refractivity contribution < 1.29 is 0 Å². The van der Waals surface area contributed by atoms with Crippen molar-refractivity contribution >= 4 is 32.5 Å². The van der Waals surface area contributed by atoms with Gasteiger partial charge in [-0.25, -0.2) is 4.68 Å². The van der Waals surface area contributed by atoms with Crippen LogP contribution in [0.1, 0.15) is 16.0 Å². The fourth-order valence-corrected chi connectivity index (χ4v) is 4.05. The maximum Gasteiger partial charge on any atom is 0.291 e. The summed E-state index contributed by atoms with van der Waals surface area (Å²) in [4.78, 5) is 14.1. The van der Waals surface area contributed by atoms with Crippen LogP contribution >= 0.6 is 11.3 Å². The number of nitrogens with zero attached hydrogens (tertiary/aromatic N) is 4. The van der Waals surface area contributed by atoms with Gasteiger partial charge in [0.1, 0.15) is 5.52 Å². The fraction of sp³-hybridized carbons (Fsp3) is 0.167. The van der Waals surface area contributed by atoms with Gasteiger partial charge in [0.15, 0.2) is 0 Å². The first-order valence-electron chi connectivity index (χ1n) is 7.52. The van der Waals surface area contributed by atoms with Crippen LogP contribution in [0.5, 0.6) is 0 Å². The minimum atomic E-state index is -0.0968. The summed E-state index contributed by atoms with van der Waals surface area (Å²) in [6, 6.07) is 11.4. The Bertz CT molecular complexity index is 1170. The first kappa shape index (κ1) is 14.7. The molecule has 0 saturated carbocycles. The van der Waals surface area contributed by atoms with Crippen LogP contribution in [0, 0.1) is 18.3 Å². The van der Waals surface area contributed by atoms with Crippen molar-refractivity contribution in [2.45, 2.75) is 13.5 Å². The molecule has 5 nitrogen and oxygen atoms in total. The zero-order valence-corrected chi connectivity index (χ0v) is 14.1. The van der Waals surface area contributed by atoms with Gasteiger partial charge in [0.25, 0.3) is 5.56 Å². The van der Waals surface area contributed by atoms with Crippen LogP contribution in [0.2, 0.25) is 0 Å². The molecule has 24 heavy (non-hydrogen) atoms. The van der Waals surface area contributed by atoms with Crippen LogP contribution < -0.4 is 5.56 Å². The summed E-state index contributed by atoms with van der Waals surface area (Å²) in [6.07, 6.45) is 1.78. The molecule has 0 aliphatic carbocycles. The van der Waals surface area contributed by atoms with Crippen LogP contribution in [0.3, 0.4) is 0 Å². The summed E-state index contributed by atoms with van der Waals surface area (Å²) in [5, 5.41) is 14.1. The van der Waals surface area contributed by atoms with Crippen molar-refractivity contribution in [2.24, 2.45) is 7.05 Å². The fourth-order valence-electron chi connectivity index (χ4n) is 3.00. The molecule has 0 fully saturated rings. The third-order valence-corrected chi connectivity index (χ3v) is 5.28. The molecule has 3 aromatic heterocycles. The Morgan fingerprint density at radius 3 is 2.75 bits per heavy atom. The molecule has 0 saturated heterocycles. The number of rotatable bonds is 2. The Labute approximate surface area is 142 Å². The average molecular weight is 334 g/mol. The Hall–Kier alpha value is -2.91. The molecule has 0 amide bonds. The van der Waals surface area contributed by atoms with E-state index in [2.05, 4.69) is 24.2 Å². The molecule has 0 atom stereocenters. The molecule has 3 heterocycles. The second kappa shape index (κ2) is 5.32. The van der Waals surface area contributed by atoms with Crippen LogP contribution in [0.15, 0.2) is 41.3 Å². The minimum absolute atomic E-state index is 0.0968. The van der Waals surface area contributed by atoms with E-state index in [0.717, 1.165) is 21.2 Å². The molecule has 0 radical (unpaired) electrons. The topological polar surface area (TPSA) is 63.6 Å². The minimum Gasteiger partial charge on any atom is -0.338 e. The van der Waals surface area contributed by atoms with E-state index in [0.29, 0.717) is 17.6 Å². The smallest absolute Gasteiger partial charge is 0.291 e. The van der Waals surface area contributed by atoms with Gasteiger partial charge in [-0.2, -0.15) is 10.4 Å². The van der Waals surface area contributed by atoms with E-state index in [4.69, 9.17) is 5.26 Å². The molecule has 0 aliphatic heterocycles. The standard InChI is InChI=1S/C18H14N4OS/c1-11-7-15-17(24-11)14-9-20-22(18(23)16(14)21(15)2)10-13-5-3-12(8-19)4-6-13/h3-7,9H,10H2,1-2H3. The highest BCUT2D eigenvalue weighted by Gasteiger charge is 2.15. The van der Waals surface area contributed by atoms with E-state index in [1.165, 1.54) is 9.56 Å². The summed E-state index contributed by atoms with van der Waals surface area (Å²) in [5.74, 6) is 0. The molecular formula is C18H14N4OS. The highest BCUT2D eigenvalue weighted by molar-refractivity contribution is 7.20. The molecule has 0 aliphatic rings. The highest BCUT2D eigenvalue weighted by Crippen LogP contribution is 2.32. The SMILES string of the molecule is Cc1cc2c(s1)c1cnn(Cc3ccc(C#N)cc3)c(=O)c1n2C. The number of fused-ring (bicyclic) bond motifs is 3. The number of aryl methyl sites for hydroxylation is 2. The van der Waals surface area contributed by atoms with Crippen LogP contribution in [0.25, 0.3) is 21.1 Å². The first-order chi connectivity index (χ1) is 11.6. The van der Waals surface area contributed by atoms with Gasteiger partial charge in [0, 0.05) is 17.3 Å². The van der Waals surface area contributed by atoms with Crippen molar-refractivity contribution in [1.82, 2.24) is 14.3 Å². The van der Waals surface area contributed by atoms with Gasteiger partial charge in [-0.1, -0.05) is 12.1 Å². The van der Waals surface area contributed by atoms with E-state index in [9.17, 15) is 4.79 Å². The number of thiophene rings is 1. The van der Waals surface area contributed by atoms with Crippen LogP contribution in [-0.4, -0.2) is 14.3 Å². The number of aromatic nitrogens is 3. The molecule has 0 N–H and O–H groups in total. The Kier molecular flexibility index (Phi) is 3.25. The zero-order valence-electron chi connectivity index (χ0n) is 13.3. The van der Waals surface area contributed by atoms with Crippen molar-refractivity contribution in [3.8, 4) is 6.07 Å². The lowest BCUT2D eigenvalue weighted by molar-refractivity contribution is 0.644. The Morgan fingerprint density at radius 1 is 1.29 bits per heavy atom. The van der Waals surface area contributed by atoms with E-state index < -0.39 is 0 Å². The van der Waals surface area contributed by atoms with Crippen molar-refractivity contribution in [2.75, 3.05) is 0 Å². The summed E-state index contributed by atoms with van der Waals surface area (Å²) in [5.41, 5.74) is 3.20. The second-order valence-corrected chi connectivity index (χ2v) is 7.07. The summed E-state index contributed by atoms with van der Waals surface area (Å²) < 4.78 is 4.54. The number of benzene rings is 1. The molecule has 4 aromatic rings. The predicted octanol–water partition coefficient (Wildman–Crippen LogP) is 3.18. The molecule has 118 valence electrons. The van der Waals surface area contributed by atoms with Gasteiger partial charge in [-0.3, -0.25) is 4.79 Å². The molecule has 1 aromatic carbocycles. The maximum atomic E-state index is 12.9. The van der Waals surface area contributed by atoms with Gasteiger partial charge in [0.2, 0.25) is 0 Å². The molecule has 6 heteroatoms. The lowest BCUT2D eigenvalue weighted by Crippen LogP contribution is -2.24.